The first kappa shape index (κ1) is 16.9. The second-order valence-electron chi connectivity index (χ2n) is 5.58. The van der Waals surface area contributed by atoms with Gasteiger partial charge in [-0.2, -0.15) is 0 Å². The molecular weight excluding hydrogens is 274 g/mol. The summed E-state index contributed by atoms with van der Waals surface area (Å²) in [6.45, 7) is 8.60. The van der Waals surface area contributed by atoms with Crippen LogP contribution in [0.1, 0.15) is 20.8 Å². The summed E-state index contributed by atoms with van der Waals surface area (Å²) >= 11 is 0. The van der Waals surface area contributed by atoms with Crippen LogP contribution >= 0.6 is 0 Å². The average Bonchev–Trinajstić information content (AvgIpc) is 2.45. The first-order valence-corrected chi connectivity index (χ1v) is 8.22. The second kappa shape index (κ2) is 6.56. The molecule has 0 heterocycles. The van der Waals surface area contributed by atoms with Gasteiger partial charge < -0.3 is 10.6 Å². The van der Waals surface area contributed by atoms with E-state index in [-0.39, 0.29) is 10.3 Å². The minimum absolute atomic E-state index is 0.0196. The number of hydrogen-bond donors (Lipinski definition) is 2. The van der Waals surface area contributed by atoms with Gasteiger partial charge in [0.25, 0.3) is 0 Å². The standard InChI is InChI=1S/C14H25N3O2S/c1-5-17(11-14(2,3)10-15)12-6-8-13(9-7-12)20(18,19)16-4/h6-9,16H,5,10-11,15H2,1-4H3. The zero-order valence-electron chi connectivity index (χ0n) is 12.7. The first-order valence-electron chi connectivity index (χ1n) is 6.74. The van der Waals surface area contributed by atoms with E-state index in [0.717, 1.165) is 18.8 Å². The van der Waals surface area contributed by atoms with Gasteiger partial charge in [-0.15, -0.1) is 0 Å². The van der Waals surface area contributed by atoms with Gasteiger partial charge in [-0.25, -0.2) is 13.1 Å². The number of benzene rings is 1. The second-order valence-corrected chi connectivity index (χ2v) is 7.47. The molecule has 6 heteroatoms. The Morgan fingerprint density at radius 1 is 1.25 bits per heavy atom. The number of anilines is 1. The van der Waals surface area contributed by atoms with Crippen LogP contribution in [0, 0.1) is 5.41 Å². The summed E-state index contributed by atoms with van der Waals surface area (Å²) in [5.74, 6) is 0. The normalized spacial score (nSPS) is 12.4. The fourth-order valence-corrected chi connectivity index (χ4v) is 2.65. The van der Waals surface area contributed by atoms with Gasteiger partial charge in [-0.05, 0) is 50.2 Å². The molecule has 20 heavy (non-hydrogen) atoms. The number of hydrogen-bond acceptors (Lipinski definition) is 4. The van der Waals surface area contributed by atoms with Crippen LogP contribution in [-0.4, -0.2) is 35.1 Å². The van der Waals surface area contributed by atoms with Crippen LogP contribution in [0.2, 0.25) is 0 Å². The maximum atomic E-state index is 11.7. The van der Waals surface area contributed by atoms with Crippen molar-refractivity contribution in [3.05, 3.63) is 24.3 Å². The highest BCUT2D eigenvalue weighted by Gasteiger charge is 2.20. The fraction of sp³-hybridized carbons (Fsp3) is 0.571. The topological polar surface area (TPSA) is 75.4 Å². The zero-order chi connectivity index (χ0) is 15.4. The Labute approximate surface area is 122 Å². The third kappa shape index (κ3) is 4.19. The van der Waals surface area contributed by atoms with Crippen molar-refractivity contribution >= 4 is 15.7 Å². The lowest BCUT2D eigenvalue weighted by Crippen LogP contribution is -2.38. The van der Waals surface area contributed by atoms with Gasteiger partial charge >= 0.3 is 0 Å². The highest BCUT2D eigenvalue weighted by Crippen LogP contribution is 2.22. The van der Waals surface area contributed by atoms with Gasteiger partial charge in [0.15, 0.2) is 0 Å². The predicted octanol–water partition coefficient (Wildman–Crippen LogP) is 1.41. The van der Waals surface area contributed by atoms with Crippen LogP contribution in [0.4, 0.5) is 5.69 Å². The van der Waals surface area contributed by atoms with E-state index in [1.807, 2.05) is 12.1 Å². The van der Waals surface area contributed by atoms with Crippen molar-refractivity contribution in [2.24, 2.45) is 11.1 Å². The van der Waals surface area contributed by atoms with Gasteiger partial charge in [0.1, 0.15) is 0 Å². The molecular formula is C14H25N3O2S. The fourth-order valence-electron chi connectivity index (χ4n) is 1.92. The highest BCUT2D eigenvalue weighted by atomic mass is 32.2. The molecule has 1 aromatic rings. The number of nitrogens with zero attached hydrogens (tertiary/aromatic N) is 1. The molecule has 0 atom stereocenters. The van der Waals surface area contributed by atoms with Crippen molar-refractivity contribution in [1.82, 2.24) is 4.72 Å². The smallest absolute Gasteiger partial charge is 0.240 e. The van der Waals surface area contributed by atoms with Crippen LogP contribution in [0.15, 0.2) is 29.2 Å². The van der Waals surface area contributed by atoms with E-state index in [1.165, 1.54) is 7.05 Å². The summed E-state index contributed by atoms with van der Waals surface area (Å²) in [6, 6.07) is 6.92. The Bertz CT molecular complexity index is 524. The number of nitrogens with one attached hydrogen (secondary N) is 1. The van der Waals surface area contributed by atoms with E-state index >= 15 is 0 Å². The molecule has 0 aliphatic rings. The SMILES string of the molecule is CCN(CC(C)(C)CN)c1ccc(S(=O)(=O)NC)cc1. The Hall–Kier alpha value is -1.11. The molecule has 3 N–H and O–H groups in total. The van der Waals surface area contributed by atoms with Gasteiger partial charge in [-0.1, -0.05) is 13.8 Å². The van der Waals surface area contributed by atoms with Crippen molar-refractivity contribution in [3.8, 4) is 0 Å². The van der Waals surface area contributed by atoms with Gasteiger partial charge in [0, 0.05) is 18.8 Å². The lowest BCUT2D eigenvalue weighted by molar-refractivity contribution is 0.380. The highest BCUT2D eigenvalue weighted by molar-refractivity contribution is 7.89. The molecule has 0 aliphatic heterocycles. The third-order valence-electron chi connectivity index (χ3n) is 3.33. The lowest BCUT2D eigenvalue weighted by atomic mass is 9.93. The Morgan fingerprint density at radius 3 is 2.20 bits per heavy atom. The van der Waals surface area contributed by atoms with Crippen LogP contribution in [-0.2, 0) is 10.0 Å². The maximum Gasteiger partial charge on any atom is 0.240 e. The molecule has 0 aliphatic carbocycles. The Balaban J connectivity index is 2.96. The molecule has 0 fully saturated rings. The van der Waals surface area contributed by atoms with Crippen molar-refractivity contribution in [2.45, 2.75) is 25.7 Å². The Kier molecular flexibility index (Phi) is 5.56. The molecule has 0 bridgehead atoms. The molecule has 0 aromatic heterocycles. The molecule has 0 saturated heterocycles. The summed E-state index contributed by atoms with van der Waals surface area (Å²) in [7, 11) is -1.97. The van der Waals surface area contributed by atoms with E-state index in [1.54, 1.807) is 12.1 Å². The molecule has 0 spiro atoms. The number of rotatable bonds is 7. The lowest BCUT2D eigenvalue weighted by Gasteiger charge is -2.32. The van der Waals surface area contributed by atoms with E-state index in [0.29, 0.717) is 6.54 Å². The summed E-state index contributed by atoms with van der Waals surface area (Å²) in [4.78, 5) is 2.47. The van der Waals surface area contributed by atoms with Crippen LogP contribution < -0.4 is 15.4 Å². The summed E-state index contributed by atoms with van der Waals surface area (Å²) in [5.41, 5.74) is 6.80. The van der Waals surface area contributed by atoms with Gasteiger partial charge in [0.05, 0.1) is 4.90 Å². The molecule has 1 aromatic carbocycles. The van der Waals surface area contributed by atoms with E-state index in [2.05, 4.69) is 30.4 Å². The van der Waals surface area contributed by atoms with Gasteiger partial charge in [-0.3, -0.25) is 0 Å². The molecule has 114 valence electrons. The van der Waals surface area contributed by atoms with Crippen LogP contribution in [0.25, 0.3) is 0 Å². The molecule has 0 amide bonds. The first-order chi connectivity index (χ1) is 9.25. The van der Waals surface area contributed by atoms with Crippen LogP contribution in [0.5, 0.6) is 0 Å². The minimum atomic E-state index is -3.38. The van der Waals surface area contributed by atoms with Crippen molar-refractivity contribution in [3.63, 3.8) is 0 Å². The van der Waals surface area contributed by atoms with Gasteiger partial charge in [0.2, 0.25) is 10.0 Å². The molecule has 0 radical (unpaired) electrons. The van der Waals surface area contributed by atoms with Crippen molar-refractivity contribution in [1.29, 1.82) is 0 Å². The molecule has 5 nitrogen and oxygen atoms in total. The maximum absolute atomic E-state index is 11.7. The molecule has 0 saturated carbocycles. The quantitative estimate of drug-likeness (QED) is 0.798. The number of sulfonamides is 1. The van der Waals surface area contributed by atoms with E-state index in [9.17, 15) is 8.42 Å². The molecule has 0 unspecified atom stereocenters. The largest absolute Gasteiger partial charge is 0.371 e. The summed E-state index contributed by atoms with van der Waals surface area (Å²) in [5, 5.41) is 0. The zero-order valence-corrected chi connectivity index (χ0v) is 13.5. The van der Waals surface area contributed by atoms with Crippen molar-refractivity contribution in [2.75, 3.05) is 31.6 Å². The summed E-state index contributed by atoms with van der Waals surface area (Å²) < 4.78 is 25.7. The monoisotopic (exact) mass is 299 g/mol. The average molecular weight is 299 g/mol. The third-order valence-corrected chi connectivity index (χ3v) is 4.76. The number of nitrogens with two attached hydrogens (primary N) is 1. The Morgan fingerprint density at radius 2 is 1.80 bits per heavy atom. The van der Waals surface area contributed by atoms with E-state index in [4.69, 9.17) is 5.73 Å². The predicted molar refractivity (Wildman–Crippen MR) is 83.4 cm³/mol. The van der Waals surface area contributed by atoms with E-state index < -0.39 is 10.0 Å². The van der Waals surface area contributed by atoms with Crippen molar-refractivity contribution < 1.29 is 8.42 Å². The summed E-state index contributed by atoms with van der Waals surface area (Å²) in [6.07, 6.45) is 0. The minimum Gasteiger partial charge on any atom is -0.371 e. The molecule has 1 rings (SSSR count). The van der Waals surface area contributed by atoms with Crippen LogP contribution in [0.3, 0.4) is 0 Å².